The molecule has 8 nitrogen and oxygen atoms in total. The predicted octanol–water partition coefficient (Wildman–Crippen LogP) is 4.70. The van der Waals surface area contributed by atoms with Crippen LogP contribution in [-0.2, 0) is 14.3 Å². The number of aliphatic imine (C=N–C) groups is 1. The number of ether oxygens (including phenoxy) is 2. The lowest BCUT2D eigenvalue weighted by Crippen LogP contribution is -2.08. The normalized spacial score (nSPS) is 14.6. The van der Waals surface area contributed by atoms with Crippen LogP contribution in [0.2, 0.25) is 0 Å². The number of nitro benzene ring substituents is 1. The lowest BCUT2D eigenvalue weighted by Gasteiger charge is -2.08. The van der Waals surface area contributed by atoms with E-state index in [9.17, 15) is 19.7 Å². The Morgan fingerprint density at radius 3 is 2.52 bits per heavy atom. The maximum absolute atomic E-state index is 12.2. The Labute approximate surface area is 181 Å². The van der Waals surface area contributed by atoms with Crippen molar-refractivity contribution in [3.8, 4) is 5.75 Å². The molecule has 2 aromatic carbocycles. The number of halogens is 2. The minimum absolute atomic E-state index is 0.00267. The molecule has 1 heterocycles. The summed E-state index contributed by atoms with van der Waals surface area (Å²) in [5.74, 6) is -0.845. The van der Waals surface area contributed by atoms with Crippen LogP contribution < -0.4 is 4.74 Å². The third-order valence-corrected chi connectivity index (χ3v) is 5.10. The van der Waals surface area contributed by atoms with Gasteiger partial charge in [-0.05, 0) is 68.6 Å². The molecule has 2 aromatic rings. The summed E-state index contributed by atoms with van der Waals surface area (Å²) >= 11 is 6.64. The van der Waals surface area contributed by atoms with E-state index in [4.69, 9.17) is 9.47 Å². The minimum atomic E-state index is -0.679. The highest BCUT2D eigenvalue weighted by Gasteiger charge is 2.27. The van der Waals surface area contributed by atoms with Crippen molar-refractivity contribution in [3.05, 3.63) is 71.8 Å². The van der Waals surface area contributed by atoms with Gasteiger partial charge in [0.15, 0.2) is 11.4 Å². The molecule has 29 heavy (non-hydrogen) atoms. The first-order chi connectivity index (χ1) is 13.7. The zero-order valence-electron chi connectivity index (χ0n) is 15.1. The van der Waals surface area contributed by atoms with Crippen molar-refractivity contribution < 1.29 is 24.0 Å². The number of rotatable bonds is 4. The van der Waals surface area contributed by atoms with Crippen LogP contribution in [0.5, 0.6) is 5.75 Å². The second-order valence-corrected chi connectivity index (χ2v) is 7.66. The van der Waals surface area contributed by atoms with Gasteiger partial charge in [-0.1, -0.05) is 6.07 Å². The van der Waals surface area contributed by atoms with Gasteiger partial charge in [0, 0.05) is 24.1 Å². The summed E-state index contributed by atoms with van der Waals surface area (Å²) in [5, 5.41) is 11.1. The van der Waals surface area contributed by atoms with Gasteiger partial charge in [0.1, 0.15) is 0 Å². The monoisotopic (exact) mass is 522 g/mol. The standard InChI is InChI=1S/C19H12Br2N2O6/c1-9-12(4-3-5-16(9)23(26)27)18-22-15(19(25)29-18)8-11-6-13(20)17(14(21)7-11)28-10(2)24/h3-8H,1-2H3/b15-8-. The van der Waals surface area contributed by atoms with E-state index in [0.29, 0.717) is 31.4 Å². The van der Waals surface area contributed by atoms with Crippen molar-refractivity contribution in [2.45, 2.75) is 13.8 Å². The molecule has 10 heteroatoms. The summed E-state index contributed by atoms with van der Waals surface area (Å²) in [6.45, 7) is 2.85. The molecule has 0 fully saturated rings. The van der Waals surface area contributed by atoms with Crippen molar-refractivity contribution in [1.82, 2.24) is 0 Å². The third-order valence-electron chi connectivity index (χ3n) is 3.92. The number of esters is 2. The van der Waals surface area contributed by atoms with Gasteiger partial charge in [-0.3, -0.25) is 14.9 Å². The van der Waals surface area contributed by atoms with Gasteiger partial charge in [0.2, 0.25) is 5.90 Å². The van der Waals surface area contributed by atoms with E-state index in [0.717, 1.165) is 0 Å². The highest BCUT2D eigenvalue weighted by Crippen LogP contribution is 2.36. The van der Waals surface area contributed by atoms with Crippen molar-refractivity contribution in [2.24, 2.45) is 4.99 Å². The van der Waals surface area contributed by atoms with E-state index >= 15 is 0 Å². The number of carbonyl (C=O) groups is 2. The molecule has 1 aliphatic rings. The maximum Gasteiger partial charge on any atom is 0.363 e. The summed E-state index contributed by atoms with van der Waals surface area (Å²) in [6.07, 6.45) is 1.50. The van der Waals surface area contributed by atoms with Crippen LogP contribution in [0.3, 0.4) is 0 Å². The Bertz CT molecular complexity index is 1100. The van der Waals surface area contributed by atoms with Crippen LogP contribution >= 0.6 is 31.9 Å². The predicted molar refractivity (Wildman–Crippen MR) is 112 cm³/mol. The average molecular weight is 524 g/mol. The maximum atomic E-state index is 12.2. The van der Waals surface area contributed by atoms with Gasteiger partial charge >= 0.3 is 11.9 Å². The molecule has 0 saturated heterocycles. The average Bonchev–Trinajstić information content (AvgIpc) is 2.98. The highest BCUT2D eigenvalue weighted by atomic mass is 79.9. The zero-order chi connectivity index (χ0) is 21.3. The molecule has 1 aliphatic heterocycles. The Kier molecular flexibility index (Phi) is 5.94. The second kappa shape index (κ2) is 8.26. The summed E-state index contributed by atoms with van der Waals surface area (Å²) < 4.78 is 11.3. The number of cyclic esters (lactones) is 1. The molecular weight excluding hydrogens is 512 g/mol. The molecule has 0 unspecified atom stereocenters. The molecule has 0 atom stereocenters. The number of hydrogen-bond acceptors (Lipinski definition) is 7. The van der Waals surface area contributed by atoms with Crippen LogP contribution in [0.4, 0.5) is 5.69 Å². The molecule has 0 bridgehead atoms. The first-order valence-electron chi connectivity index (χ1n) is 8.11. The number of nitrogens with zero attached hydrogens (tertiary/aromatic N) is 2. The number of carbonyl (C=O) groups excluding carboxylic acids is 2. The van der Waals surface area contributed by atoms with E-state index < -0.39 is 16.9 Å². The van der Waals surface area contributed by atoms with Crippen molar-refractivity contribution in [2.75, 3.05) is 0 Å². The van der Waals surface area contributed by atoms with E-state index in [1.807, 2.05) is 0 Å². The lowest BCUT2D eigenvalue weighted by atomic mass is 10.1. The Hall–Kier alpha value is -2.85. The van der Waals surface area contributed by atoms with E-state index in [1.165, 1.54) is 25.1 Å². The molecule has 3 rings (SSSR count). The van der Waals surface area contributed by atoms with Gasteiger partial charge < -0.3 is 9.47 Å². The summed E-state index contributed by atoms with van der Waals surface area (Å²) in [4.78, 5) is 38.2. The molecule has 0 saturated carbocycles. The lowest BCUT2D eigenvalue weighted by molar-refractivity contribution is -0.385. The Balaban J connectivity index is 1.99. The summed E-state index contributed by atoms with van der Waals surface area (Å²) in [7, 11) is 0. The molecule has 148 valence electrons. The van der Waals surface area contributed by atoms with Crippen LogP contribution in [0.25, 0.3) is 6.08 Å². The molecule has 0 amide bonds. The quantitative estimate of drug-likeness (QED) is 0.189. The molecular formula is C19H12Br2N2O6. The second-order valence-electron chi connectivity index (χ2n) is 5.95. The largest absolute Gasteiger partial charge is 0.424 e. The summed E-state index contributed by atoms with van der Waals surface area (Å²) in [5.41, 5.74) is 1.25. The van der Waals surface area contributed by atoms with Crippen molar-refractivity contribution >= 4 is 61.5 Å². The smallest absolute Gasteiger partial charge is 0.363 e. The highest BCUT2D eigenvalue weighted by molar-refractivity contribution is 9.11. The molecule has 0 spiro atoms. The fourth-order valence-electron chi connectivity index (χ4n) is 2.64. The number of hydrogen-bond donors (Lipinski definition) is 0. The molecule has 0 aliphatic carbocycles. The van der Waals surface area contributed by atoms with Gasteiger partial charge in [0.25, 0.3) is 5.69 Å². The zero-order valence-corrected chi connectivity index (χ0v) is 18.2. The van der Waals surface area contributed by atoms with Crippen molar-refractivity contribution in [3.63, 3.8) is 0 Å². The van der Waals surface area contributed by atoms with Gasteiger partial charge in [-0.2, -0.15) is 0 Å². The fourth-order valence-corrected chi connectivity index (χ4v) is 4.02. The molecule has 0 radical (unpaired) electrons. The first-order valence-corrected chi connectivity index (χ1v) is 9.70. The fraction of sp³-hybridized carbons (Fsp3) is 0.105. The number of benzene rings is 2. The first kappa shape index (κ1) is 20.9. The van der Waals surface area contributed by atoms with Crippen LogP contribution in [0.15, 0.2) is 50.0 Å². The third kappa shape index (κ3) is 4.43. The topological polar surface area (TPSA) is 108 Å². The van der Waals surface area contributed by atoms with Gasteiger partial charge in [0.05, 0.1) is 13.9 Å². The Morgan fingerprint density at radius 1 is 1.28 bits per heavy atom. The van der Waals surface area contributed by atoms with E-state index in [-0.39, 0.29) is 17.3 Å². The van der Waals surface area contributed by atoms with Crippen LogP contribution in [0.1, 0.15) is 23.6 Å². The molecule has 0 aromatic heterocycles. The van der Waals surface area contributed by atoms with Crippen LogP contribution in [-0.4, -0.2) is 22.8 Å². The van der Waals surface area contributed by atoms with Crippen LogP contribution in [0, 0.1) is 17.0 Å². The SMILES string of the molecule is CC(=O)Oc1c(Br)cc(/C=C2\N=C(c3cccc([N+](=O)[O-])c3C)OC2=O)cc1Br. The Morgan fingerprint density at radius 2 is 1.93 bits per heavy atom. The van der Waals surface area contributed by atoms with E-state index in [2.05, 4.69) is 36.9 Å². The minimum Gasteiger partial charge on any atom is -0.424 e. The van der Waals surface area contributed by atoms with Gasteiger partial charge in [-0.25, -0.2) is 9.79 Å². The summed E-state index contributed by atoms with van der Waals surface area (Å²) in [6, 6.07) is 7.76. The molecule has 0 N–H and O–H groups in total. The number of nitro groups is 1. The van der Waals surface area contributed by atoms with Gasteiger partial charge in [-0.15, -0.1) is 0 Å². The van der Waals surface area contributed by atoms with E-state index in [1.54, 1.807) is 25.1 Å². The van der Waals surface area contributed by atoms with Crippen molar-refractivity contribution in [1.29, 1.82) is 0 Å².